The van der Waals surface area contributed by atoms with Gasteiger partial charge in [-0.2, -0.15) is 0 Å². The summed E-state index contributed by atoms with van der Waals surface area (Å²) in [6, 6.07) is 8.16. The van der Waals surface area contributed by atoms with Crippen molar-refractivity contribution in [3.05, 3.63) is 62.4 Å². The molecule has 3 atom stereocenters. The molecule has 0 bridgehead atoms. The molecular weight excluding hydrogens is 328 g/mol. The summed E-state index contributed by atoms with van der Waals surface area (Å²) in [6.07, 6.45) is 1.24. The topological polar surface area (TPSA) is 84.3 Å². The molecule has 0 spiro atoms. The normalized spacial score (nSPS) is 23.5. The molecule has 1 aromatic heterocycles. The summed E-state index contributed by atoms with van der Waals surface area (Å²) in [4.78, 5) is 26.9. The number of thioether (sulfide) groups is 1. The lowest BCUT2D eigenvalue weighted by Crippen LogP contribution is -2.33. The number of aliphatic hydroxyl groups excluding tert-OH is 1. The molecule has 1 saturated heterocycles. The van der Waals surface area contributed by atoms with E-state index in [0.717, 1.165) is 4.90 Å². The predicted molar refractivity (Wildman–Crippen MR) is 92.5 cm³/mol. The van der Waals surface area contributed by atoms with Crippen LogP contribution in [0.5, 0.6) is 0 Å². The molecule has 0 amide bonds. The second-order valence-corrected chi connectivity index (χ2v) is 7.31. The van der Waals surface area contributed by atoms with E-state index in [9.17, 15) is 14.7 Å². The van der Waals surface area contributed by atoms with Crippen LogP contribution in [0.4, 0.5) is 0 Å². The van der Waals surface area contributed by atoms with Crippen LogP contribution in [0, 0.1) is 13.8 Å². The minimum absolute atomic E-state index is 0.0295. The molecule has 128 valence electrons. The van der Waals surface area contributed by atoms with E-state index in [1.807, 2.05) is 31.2 Å². The minimum Gasteiger partial charge on any atom is -0.394 e. The van der Waals surface area contributed by atoms with E-state index >= 15 is 0 Å². The van der Waals surface area contributed by atoms with E-state index in [0.29, 0.717) is 12.0 Å². The third-order valence-corrected chi connectivity index (χ3v) is 5.47. The van der Waals surface area contributed by atoms with Crippen molar-refractivity contribution in [1.29, 1.82) is 0 Å². The highest BCUT2D eigenvalue weighted by Crippen LogP contribution is 2.38. The van der Waals surface area contributed by atoms with Crippen molar-refractivity contribution < 1.29 is 9.84 Å². The zero-order chi connectivity index (χ0) is 17.3. The molecule has 0 saturated carbocycles. The molecule has 2 heterocycles. The summed E-state index contributed by atoms with van der Waals surface area (Å²) in [6.45, 7) is 3.56. The van der Waals surface area contributed by atoms with Crippen LogP contribution in [0.2, 0.25) is 0 Å². The van der Waals surface area contributed by atoms with Gasteiger partial charge in [-0.1, -0.05) is 17.7 Å². The van der Waals surface area contributed by atoms with Crippen molar-refractivity contribution in [1.82, 2.24) is 9.55 Å². The number of ether oxygens (including phenoxy) is 1. The smallest absolute Gasteiger partial charge is 0.330 e. The number of aryl methyl sites for hydroxylation is 2. The molecule has 6 nitrogen and oxygen atoms in total. The highest BCUT2D eigenvalue weighted by atomic mass is 32.2. The van der Waals surface area contributed by atoms with Gasteiger partial charge in [-0.25, -0.2) is 4.79 Å². The second kappa shape index (κ2) is 6.96. The number of nitrogens with one attached hydrogen (secondary N) is 1. The molecule has 1 aliphatic rings. The average molecular weight is 348 g/mol. The Morgan fingerprint density at radius 3 is 2.67 bits per heavy atom. The van der Waals surface area contributed by atoms with Gasteiger partial charge in [0.2, 0.25) is 0 Å². The quantitative estimate of drug-likeness (QED) is 0.877. The van der Waals surface area contributed by atoms with E-state index in [2.05, 4.69) is 4.98 Å². The Kier molecular flexibility index (Phi) is 4.93. The summed E-state index contributed by atoms with van der Waals surface area (Å²) in [7, 11) is 0. The Hall–Kier alpha value is -1.83. The first kappa shape index (κ1) is 17.0. The van der Waals surface area contributed by atoms with Gasteiger partial charge < -0.3 is 9.84 Å². The van der Waals surface area contributed by atoms with E-state index in [4.69, 9.17) is 4.74 Å². The van der Waals surface area contributed by atoms with E-state index in [1.165, 1.54) is 16.3 Å². The maximum absolute atomic E-state index is 12.0. The monoisotopic (exact) mass is 348 g/mol. The molecular formula is C17H20N2O4S. The van der Waals surface area contributed by atoms with Crippen LogP contribution in [-0.4, -0.2) is 32.6 Å². The van der Waals surface area contributed by atoms with Crippen LogP contribution >= 0.6 is 11.8 Å². The van der Waals surface area contributed by atoms with Crippen LogP contribution in [-0.2, 0) is 4.74 Å². The standard InChI is InChI=1S/C17H20N2O4S/c1-10-3-5-12(6-4-10)24-14-7-15(23-13(14)9-20)19-8-11(2)16(21)18-17(19)22/h3-6,8,13-15,20H,7,9H2,1-2H3,(H,18,21,22)/t13-,14+,15-/m1/s1. The number of nitrogens with zero attached hydrogens (tertiary/aromatic N) is 1. The molecule has 2 N–H and O–H groups in total. The van der Waals surface area contributed by atoms with Crippen LogP contribution in [0.3, 0.4) is 0 Å². The van der Waals surface area contributed by atoms with Crippen molar-refractivity contribution in [2.24, 2.45) is 0 Å². The van der Waals surface area contributed by atoms with Crippen molar-refractivity contribution in [3.8, 4) is 0 Å². The van der Waals surface area contributed by atoms with Crippen LogP contribution < -0.4 is 11.2 Å². The minimum atomic E-state index is -0.492. The lowest BCUT2D eigenvalue weighted by atomic mass is 10.2. The first-order chi connectivity index (χ1) is 11.5. The van der Waals surface area contributed by atoms with Crippen LogP contribution in [0.25, 0.3) is 0 Å². The van der Waals surface area contributed by atoms with Gasteiger partial charge in [0.25, 0.3) is 5.56 Å². The summed E-state index contributed by atoms with van der Waals surface area (Å²) in [5.41, 5.74) is 0.758. The van der Waals surface area contributed by atoms with Gasteiger partial charge in [-0.3, -0.25) is 14.3 Å². The molecule has 1 aliphatic heterocycles. The van der Waals surface area contributed by atoms with Crippen LogP contribution in [0.15, 0.2) is 44.9 Å². The third-order valence-electron chi connectivity index (χ3n) is 4.12. The molecule has 1 aromatic carbocycles. The van der Waals surface area contributed by atoms with Gasteiger partial charge in [-0.15, -0.1) is 11.8 Å². The van der Waals surface area contributed by atoms with Gasteiger partial charge in [-0.05, 0) is 26.0 Å². The number of rotatable bonds is 4. The zero-order valence-corrected chi connectivity index (χ0v) is 14.4. The number of H-pyrrole nitrogens is 1. The number of hydrogen-bond donors (Lipinski definition) is 2. The number of aromatic nitrogens is 2. The van der Waals surface area contributed by atoms with Crippen molar-refractivity contribution in [2.45, 2.75) is 42.7 Å². The van der Waals surface area contributed by atoms with Crippen molar-refractivity contribution >= 4 is 11.8 Å². The van der Waals surface area contributed by atoms with E-state index in [-0.39, 0.29) is 18.0 Å². The Balaban J connectivity index is 1.81. The fourth-order valence-corrected chi connectivity index (χ4v) is 3.96. The first-order valence-corrected chi connectivity index (χ1v) is 8.67. The Morgan fingerprint density at radius 1 is 1.29 bits per heavy atom. The molecule has 0 radical (unpaired) electrons. The number of hydrogen-bond acceptors (Lipinski definition) is 5. The summed E-state index contributed by atoms with van der Waals surface area (Å²) < 4.78 is 7.25. The number of aliphatic hydroxyl groups is 1. The molecule has 7 heteroatoms. The average Bonchev–Trinajstić information content (AvgIpc) is 2.96. The molecule has 3 rings (SSSR count). The molecule has 0 aliphatic carbocycles. The van der Waals surface area contributed by atoms with Gasteiger partial charge in [0.15, 0.2) is 0 Å². The molecule has 0 unspecified atom stereocenters. The zero-order valence-electron chi connectivity index (χ0n) is 13.6. The van der Waals surface area contributed by atoms with Crippen molar-refractivity contribution in [2.75, 3.05) is 6.61 Å². The second-order valence-electron chi connectivity index (χ2n) is 6.00. The first-order valence-electron chi connectivity index (χ1n) is 7.79. The largest absolute Gasteiger partial charge is 0.394 e. The molecule has 2 aromatic rings. The number of benzene rings is 1. The Labute approximate surface area is 143 Å². The number of aromatic amines is 1. The van der Waals surface area contributed by atoms with Gasteiger partial charge in [0, 0.05) is 28.3 Å². The summed E-state index contributed by atoms with van der Waals surface area (Å²) in [5, 5.41) is 9.64. The van der Waals surface area contributed by atoms with E-state index in [1.54, 1.807) is 18.7 Å². The van der Waals surface area contributed by atoms with Gasteiger partial charge >= 0.3 is 5.69 Å². The maximum atomic E-state index is 12.0. The lowest BCUT2D eigenvalue weighted by molar-refractivity contribution is -0.0238. The van der Waals surface area contributed by atoms with Crippen molar-refractivity contribution in [3.63, 3.8) is 0 Å². The fourth-order valence-electron chi connectivity index (χ4n) is 2.75. The molecule has 1 fully saturated rings. The highest BCUT2D eigenvalue weighted by molar-refractivity contribution is 8.00. The summed E-state index contributed by atoms with van der Waals surface area (Å²) in [5.74, 6) is 0. The van der Waals surface area contributed by atoms with Gasteiger partial charge in [0.1, 0.15) is 6.23 Å². The fraction of sp³-hybridized carbons (Fsp3) is 0.412. The maximum Gasteiger partial charge on any atom is 0.330 e. The highest BCUT2D eigenvalue weighted by Gasteiger charge is 2.37. The van der Waals surface area contributed by atoms with Crippen LogP contribution in [0.1, 0.15) is 23.8 Å². The Morgan fingerprint density at radius 2 is 2.00 bits per heavy atom. The summed E-state index contributed by atoms with van der Waals surface area (Å²) >= 11 is 1.63. The molecule has 24 heavy (non-hydrogen) atoms. The Bertz CT molecular complexity index is 828. The predicted octanol–water partition coefficient (Wildman–Crippen LogP) is 1.59. The third kappa shape index (κ3) is 3.48. The SMILES string of the molecule is Cc1ccc(S[C@H]2C[C@H](n3cc(C)c(=O)[nH]c3=O)O[C@@H]2CO)cc1. The van der Waals surface area contributed by atoms with E-state index < -0.39 is 17.5 Å². The van der Waals surface area contributed by atoms with Gasteiger partial charge in [0.05, 0.1) is 12.7 Å². The lowest BCUT2D eigenvalue weighted by Gasteiger charge is -2.15.